The molecule has 0 aliphatic heterocycles. The second kappa shape index (κ2) is 10.7. The Bertz CT molecular complexity index is 1060. The Labute approximate surface area is 189 Å². The van der Waals surface area contributed by atoms with Crippen molar-refractivity contribution in [1.82, 2.24) is 15.2 Å². The molecule has 3 rings (SSSR count). The fraction of sp³-hybridized carbons (Fsp3) is 0.269. The van der Waals surface area contributed by atoms with Crippen LogP contribution in [0.3, 0.4) is 0 Å². The van der Waals surface area contributed by atoms with Crippen molar-refractivity contribution < 1.29 is 9.59 Å². The molecule has 0 aliphatic rings. The molecular formula is C26H30N4O2. The Morgan fingerprint density at radius 2 is 1.66 bits per heavy atom. The maximum atomic E-state index is 12.6. The van der Waals surface area contributed by atoms with Gasteiger partial charge in [0, 0.05) is 44.6 Å². The molecule has 32 heavy (non-hydrogen) atoms. The minimum atomic E-state index is -0.316. The number of pyridine rings is 1. The smallest absolute Gasteiger partial charge is 0.274 e. The van der Waals surface area contributed by atoms with Crippen molar-refractivity contribution in [2.75, 3.05) is 19.4 Å². The molecular weight excluding hydrogens is 400 g/mol. The molecule has 2 aromatic carbocycles. The van der Waals surface area contributed by atoms with Gasteiger partial charge >= 0.3 is 0 Å². The van der Waals surface area contributed by atoms with Crippen molar-refractivity contribution in [3.05, 3.63) is 94.8 Å². The number of hydrogen-bond donors (Lipinski definition) is 2. The maximum Gasteiger partial charge on any atom is 0.274 e. The van der Waals surface area contributed by atoms with Gasteiger partial charge in [-0.2, -0.15) is 0 Å². The van der Waals surface area contributed by atoms with Crippen LogP contribution in [0, 0.1) is 0 Å². The van der Waals surface area contributed by atoms with E-state index >= 15 is 0 Å². The van der Waals surface area contributed by atoms with Crippen LogP contribution in [0.2, 0.25) is 0 Å². The second-order valence-corrected chi connectivity index (χ2v) is 8.29. The van der Waals surface area contributed by atoms with E-state index in [9.17, 15) is 9.59 Å². The number of nitrogens with zero attached hydrogens (tertiary/aromatic N) is 2. The number of nitrogens with one attached hydrogen (secondary N) is 2. The lowest BCUT2D eigenvalue weighted by Gasteiger charge is -2.15. The molecule has 0 saturated carbocycles. The predicted octanol–water partition coefficient (Wildman–Crippen LogP) is 4.45. The van der Waals surface area contributed by atoms with Crippen LogP contribution in [0.5, 0.6) is 0 Å². The van der Waals surface area contributed by atoms with Crippen LogP contribution in [-0.4, -0.2) is 35.8 Å². The molecule has 0 fully saturated rings. The zero-order chi connectivity index (χ0) is 23.1. The molecule has 0 aliphatic carbocycles. The van der Waals surface area contributed by atoms with Gasteiger partial charge in [0.25, 0.3) is 11.8 Å². The number of hydrogen-bond acceptors (Lipinski definition) is 4. The third kappa shape index (κ3) is 6.25. The van der Waals surface area contributed by atoms with Gasteiger partial charge < -0.3 is 15.5 Å². The monoisotopic (exact) mass is 430 g/mol. The molecule has 0 saturated heterocycles. The second-order valence-electron chi connectivity index (χ2n) is 8.29. The SMILES string of the molecule is CC(C)c1ccc(CNCc2cc(NC(=O)c3ccccn3)cc(C(=O)N(C)C)c2)cc1. The standard InChI is InChI=1S/C26H30N4O2/c1-18(2)21-10-8-19(9-11-21)16-27-17-20-13-22(26(32)30(3)4)15-23(14-20)29-25(31)24-7-5-6-12-28-24/h5-15,18,27H,16-17H2,1-4H3,(H,29,31). The topological polar surface area (TPSA) is 74.3 Å². The highest BCUT2D eigenvalue weighted by atomic mass is 16.2. The molecule has 1 heterocycles. The van der Waals surface area contributed by atoms with Crippen LogP contribution < -0.4 is 10.6 Å². The summed E-state index contributed by atoms with van der Waals surface area (Å²) in [6.45, 7) is 5.63. The van der Waals surface area contributed by atoms with Crippen LogP contribution in [0.1, 0.15) is 57.3 Å². The van der Waals surface area contributed by atoms with Crippen LogP contribution in [0.25, 0.3) is 0 Å². The summed E-state index contributed by atoms with van der Waals surface area (Å²) >= 11 is 0. The van der Waals surface area contributed by atoms with E-state index in [0.717, 1.165) is 5.56 Å². The van der Waals surface area contributed by atoms with Gasteiger partial charge in [0.2, 0.25) is 0 Å². The number of carbonyl (C=O) groups is 2. The van der Waals surface area contributed by atoms with Gasteiger partial charge in [-0.05, 0) is 52.9 Å². The largest absolute Gasteiger partial charge is 0.345 e. The number of aromatic nitrogens is 1. The van der Waals surface area contributed by atoms with Crippen LogP contribution in [-0.2, 0) is 13.1 Å². The van der Waals surface area contributed by atoms with Gasteiger partial charge in [-0.3, -0.25) is 14.6 Å². The van der Waals surface area contributed by atoms with Crippen LogP contribution in [0.4, 0.5) is 5.69 Å². The molecule has 0 atom stereocenters. The highest BCUT2D eigenvalue weighted by Crippen LogP contribution is 2.18. The molecule has 0 bridgehead atoms. The number of anilines is 1. The number of carbonyl (C=O) groups excluding carboxylic acids is 2. The van der Waals surface area contributed by atoms with Gasteiger partial charge in [0.05, 0.1) is 0 Å². The predicted molar refractivity (Wildman–Crippen MR) is 128 cm³/mol. The van der Waals surface area contributed by atoms with Crippen molar-refractivity contribution in [1.29, 1.82) is 0 Å². The van der Waals surface area contributed by atoms with E-state index in [1.807, 2.05) is 12.1 Å². The molecule has 166 valence electrons. The first-order chi connectivity index (χ1) is 15.3. The summed E-state index contributed by atoms with van der Waals surface area (Å²) < 4.78 is 0. The molecule has 2 N–H and O–H groups in total. The van der Waals surface area contributed by atoms with Crippen molar-refractivity contribution in [3.8, 4) is 0 Å². The van der Waals surface area contributed by atoms with Crippen molar-refractivity contribution in [3.63, 3.8) is 0 Å². The van der Waals surface area contributed by atoms with Crippen LogP contribution >= 0.6 is 0 Å². The highest BCUT2D eigenvalue weighted by molar-refractivity contribution is 6.04. The third-order valence-corrected chi connectivity index (χ3v) is 5.11. The molecule has 0 spiro atoms. The average Bonchev–Trinajstić information content (AvgIpc) is 2.79. The zero-order valence-corrected chi connectivity index (χ0v) is 19.1. The number of benzene rings is 2. The summed E-state index contributed by atoms with van der Waals surface area (Å²) in [7, 11) is 3.42. The lowest BCUT2D eigenvalue weighted by atomic mass is 10.0. The van der Waals surface area contributed by atoms with Crippen molar-refractivity contribution in [2.45, 2.75) is 32.9 Å². The Morgan fingerprint density at radius 1 is 0.938 bits per heavy atom. The normalized spacial score (nSPS) is 10.8. The first-order valence-corrected chi connectivity index (χ1v) is 10.7. The first-order valence-electron chi connectivity index (χ1n) is 10.7. The van der Waals surface area contributed by atoms with E-state index in [-0.39, 0.29) is 11.8 Å². The van der Waals surface area contributed by atoms with Gasteiger partial charge in [-0.1, -0.05) is 44.2 Å². The lowest BCUT2D eigenvalue weighted by Crippen LogP contribution is -2.23. The van der Waals surface area contributed by atoms with E-state index in [1.54, 1.807) is 44.6 Å². The summed E-state index contributed by atoms with van der Waals surface area (Å²) in [4.78, 5) is 30.7. The van der Waals surface area contributed by atoms with E-state index in [0.29, 0.717) is 36.0 Å². The van der Waals surface area contributed by atoms with E-state index in [2.05, 4.69) is 53.7 Å². The van der Waals surface area contributed by atoms with Gasteiger partial charge in [0.15, 0.2) is 0 Å². The average molecular weight is 431 g/mol. The zero-order valence-electron chi connectivity index (χ0n) is 19.1. The van der Waals surface area contributed by atoms with Crippen molar-refractivity contribution in [2.24, 2.45) is 0 Å². The molecule has 6 heteroatoms. The molecule has 3 aromatic rings. The molecule has 0 radical (unpaired) electrons. The minimum absolute atomic E-state index is 0.121. The summed E-state index contributed by atoms with van der Waals surface area (Å²) in [5.74, 6) is 0.0716. The fourth-order valence-corrected chi connectivity index (χ4v) is 3.31. The third-order valence-electron chi connectivity index (χ3n) is 5.11. The number of rotatable bonds is 8. The highest BCUT2D eigenvalue weighted by Gasteiger charge is 2.13. The lowest BCUT2D eigenvalue weighted by molar-refractivity contribution is 0.0827. The van der Waals surface area contributed by atoms with Gasteiger partial charge in [-0.25, -0.2) is 0 Å². The summed E-state index contributed by atoms with van der Waals surface area (Å²) in [5.41, 5.74) is 4.82. The van der Waals surface area contributed by atoms with Crippen molar-refractivity contribution >= 4 is 17.5 Å². The Balaban J connectivity index is 1.73. The minimum Gasteiger partial charge on any atom is -0.345 e. The van der Waals surface area contributed by atoms with Crippen LogP contribution in [0.15, 0.2) is 66.9 Å². The molecule has 2 amide bonds. The van der Waals surface area contributed by atoms with Gasteiger partial charge in [-0.15, -0.1) is 0 Å². The quantitative estimate of drug-likeness (QED) is 0.554. The Hall–Kier alpha value is -3.51. The van der Waals surface area contributed by atoms with E-state index in [1.165, 1.54) is 16.0 Å². The first kappa shape index (κ1) is 23.2. The number of amides is 2. The van der Waals surface area contributed by atoms with E-state index in [4.69, 9.17) is 0 Å². The van der Waals surface area contributed by atoms with E-state index < -0.39 is 0 Å². The summed E-state index contributed by atoms with van der Waals surface area (Å²) in [6.07, 6.45) is 1.57. The Kier molecular flexibility index (Phi) is 7.73. The molecule has 6 nitrogen and oxygen atoms in total. The van der Waals surface area contributed by atoms with Gasteiger partial charge in [0.1, 0.15) is 5.69 Å². The molecule has 0 unspecified atom stereocenters. The Morgan fingerprint density at radius 3 is 2.28 bits per heavy atom. The maximum absolute atomic E-state index is 12.6. The fourth-order valence-electron chi connectivity index (χ4n) is 3.31. The molecule has 1 aromatic heterocycles. The summed E-state index contributed by atoms with van der Waals surface area (Å²) in [6, 6.07) is 19.2. The summed E-state index contributed by atoms with van der Waals surface area (Å²) in [5, 5.41) is 6.28.